The number of nitrogens with zero attached hydrogens (tertiary/aromatic N) is 5. The molecular weight excluding hydrogens is 536 g/mol. The normalized spacial score (nSPS) is 20.4. The third-order valence-corrected chi connectivity index (χ3v) is 8.52. The average molecular weight is 563 g/mol. The van der Waals surface area contributed by atoms with Crippen LogP contribution in [-0.2, 0) is 19.2 Å². The Bertz CT molecular complexity index is 1250. The molecule has 38 heavy (non-hydrogen) atoms. The summed E-state index contributed by atoms with van der Waals surface area (Å²) in [5.41, 5.74) is 0.638. The average Bonchev–Trinajstić information content (AvgIpc) is 3.37. The Hall–Kier alpha value is -3.43. The van der Waals surface area contributed by atoms with Crippen molar-refractivity contribution in [2.45, 2.75) is 54.9 Å². The number of aliphatic hydroxyl groups is 1. The lowest BCUT2D eigenvalue weighted by molar-refractivity contribution is -0.151. The monoisotopic (exact) mass is 562 g/mol. The lowest BCUT2D eigenvalue weighted by Gasteiger charge is -2.49. The number of fused-ring (bicyclic) bond motifs is 1. The van der Waals surface area contributed by atoms with E-state index in [-0.39, 0.29) is 22.4 Å². The predicted molar refractivity (Wildman–Crippen MR) is 136 cm³/mol. The van der Waals surface area contributed by atoms with E-state index in [1.54, 1.807) is 30.3 Å². The number of thioether (sulfide) groups is 2. The van der Waals surface area contributed by atoms with Crippen LogP contribution in [0.25, 0.3) is 0 Å². The zero-order valence-corrected chi connectivity index (χ0v) is 21.9. The molecule has 2 amide bonds. The van der Waals surface area contributed by atoms with Crippen LogP contribution in [0.5, 0.6) is 0 Å². The van der Waals surface area contributed by atoms with Crippen LogP contribution in [0.2, 0.25) is 0 Å². The molecule has 2 aliphatic rings. The number of β-lactam (4-membered cyclic amide) rings is 1. The molecule has 13 nitrogen and oxygen atoms in total. The Morgan fingerprint density at radius 1 is 1.24 bits per heavy atom. The summed E-state index contributed by atoms with van der Waals surface area (Å²) < 4.78 is 1.22. The van der Waals surface area contributed by atoms with Crippen molar-refractivity contribution in [3.63, 3.8) is 0 Å². The smallest absolute Gasteiger partial charge is 0.352 e. The second-order valence-electron chi connectivity index (χ2n) is 8.66. The number of aromatic nitrogens is 4. The van der Waals surface area contributed by atoms with Crippen LogP contribution in [0.1, 0.15) is 43.9 Å². The number of hydrogen-bond donors (Lipinski definition) is 4. The van der Waals surface area contributed by atoms with Crippen molar-refractivity contribution < 1.29 is 34.5 Å². The summed E-state index contributed by atoms with van der Waals surface area (Å²) >= 11 is 2.38. The predicted octanol–water partition coefficient (Wildman–Crippen LogP) is 1.05. The largest absolute Gasteiger partial charge is 0.480 e. The van der Waals surface area contributed by atoms with Crippen molar-refractivity contribution >= 4 is 47.3 Å². The minimum Gasteiger partial charge on any atom is -0.480 e. The second-order valence-corrected chi connectivity index (χ2v) is 10.7. The van der Waals surface area contributed by atoms with Gasteiger partial charge in [-0.2, -0.15) is 0 Å². The van der Waals surface area contributed by atoms with Gasteiger partial charge in [0.1, 0.15) is 17.1 Å². The van der Waals surface area contributed by atoms with Crippen molar-refractivity contribution in [3.8, 4) is 0 Å². The Kier molecular flexibility index (Phi) is 8.69. The lowest BCUT2D eigenvalue weighted by atomic mass is 10.0. The van der Waals surface area contributed by atoms with Gasteiger partial charge < -0.3 is 20.6 Å². The first-order valence-corrected chi connectivity index (χ1v) is 13.8. The number of carboxylic acid groups (broad SMARTS) is 2. The Labute approximate surface area is 225 Å². The standard InChI is InChI=1S/C23H26N6O7S2/c1-2-3-9-14(21(33)34)29-23(25-26-27-29)38-11-13-10-37-20-15(19(32)28(20)16(13)22(35)36)24-18(31)17(30)12-7-5-4-6-8-12/h4-8,14-15,17,20,30H,2-3,9-11H2,1H3,(H,24,31)(H,33,34)(H,35,36)/t14?,15?,17-,20-/m1/s1. The number of carbonyl (C=O) groups is 4. The summed E-state index contributed by atoms with van der Waals surface area (Å²) in [6, 6.07) is 6.34. The molecule has 0 radical (unpaired) electrons. The lowest BCUT2D eigenvalue weighted by Crippen LogP contribution is -2.70. The summed E-state index contributed by atoms with van der Waals surface area (Å²) in [5, 5.41) is 43.3. The van der Waals surface area contributed by atoms with Crippen LogP contribution in [0.15, 0.2) is 46.8 Å². The fourth-order valence-corrected chi connectivity index (χ4v) is 6.60. The van der Waals surface area contributed by atoms with E-state index in [1.807, 2.05) is 6.92 Å². The summed E-state index contributed by atoms with van der Waals surface area (Å²) in [6.07, 6.45) is 0.355. The van der Waals surface area contributed by atoms with E-state index in [9.17, 15) is 34.5 Å². The number of carboxylic acids is 2. The van der Waals surface area contributed by atoms with Gasteiger partial charge >= 0.3 is 11.9 Å². The minimum atomic E-state index is -1.47. The topological polar surface area (TPSA) is 188 Å². The molecule has 2 aliphatic heterocycles. The summed E-state index contributed by atoms with van der Waals surface area (Å²) in [7, 11) is 0. The van der Waals surface area contributed by atoms with Gasteiger partial charge in [-0.25, -0.2) is 14.3 Å². The highest BCUT2D eigenvalue weighted by Crippen LogP contribution is 2.41. The minimum absolute atomic E-state index is 0.120. The van der Waals surface area contributed by atoms with E-state index >= 15 is 0 Å². The highest BCUT2D eigenvalue weighted by Gasteiger charge is 2.54. The van der Waals surface area contributed by atoms with E-state index in [4.69, 9.17) is 0 Å². The zero-order valence-electron chi connectivity index (χ0n) is 20.3. The van der Waals surface area contributed by atoms with Crippen LogP contribution in [0.4, 0.5) is 0 Å². The number of nitrogens with one attached hydrogen (secondary N) is 1. The Morgan fingerprint density at radius 2 is 1.97 bits per heavy atom. The van der Waals surface area contributed by atoms with Gasteiger partial charge in [-0.3, -0.25) is 14.5 Å². The first-order chi connectivity index (χ1) is 18.2. The van der Waals surface area contributed by atoms with Crippen LogP contribution in [-0.4, -0.2) is 87.1 Å². The summed E-state index contributed by atoms with van der Waals surface area (Å²) in [6.45, 7) is 1.94. The van der Waals surface area contributed by atoms with Crippen LogP contribution >= 0.6 is 23.5 Å². The molecule has 0 aliphatic carbocycles. The van der Waals surface area contributed by atoms with Crippen LogP contribution in [0.3, 0.4) is 0 Å². The number of amides is 2. The number of tetrazole rings is 1. The second kappa shape index (κ2) is 12.0. The molecule has 1 saturated heterocycles. The molecule has 1 aromatic heterocycles. The maximum atomic E-state index is 12.9. The maximum absolute atomic E-state index is 12.9. The van der Waals surface area contributed by atoms with E-state index in [1.165, 1.54) is 16.4 Å². The van der Waals surface area contributed by atoms with Gasteiger partial charge in [0, 0.05) is 11.5 Å². The van der Waals surface area contributed by atoms with E-state index in [2.05, 4.69) is 20.8 Å². The molecule has 4 N–H and O–H groups in total. The van der Waals surface area contributed by atoms with E-state index in [0.717, 1.165) is 23.1 Å². The molecule has 4 atom stereocenters. The van der Waals surface area contributed by atoms with Crippen LogP contribution < -0.4 is 5.32 Å². The highest BCUT2D eigenvalue weighted by molar-refractivity contribution is 8.01. The number of aliphatic carboxylic acids is 2. The van der Waals surface area contributed by atoms with Gasteiger partial charge in [0.2, 0.25) is 5.16 Å². The molecule has 15 heteroatoms. The number of aliphatic hydroxyl groups excluding tert-OH is 1. The zero-order chi connectivity index (χ0) is 27.4. The molecule has 0 bridgehead atoms. The van der Waals surface area contributed by atoms with Gasteiger partial charge in [0.15, 0.2) is 12.1 Å². The van der Waals surface area contributed by atoms with Gasteiger partial charge in [-0.05, 0) is 28.0 Å². The molecule has 2 aromatic rings. The van der Waals surface area contributed by atoms with Crippen LogP contribution in [0, 0.1) is 0 Å². The summed E-state index contributed by atoms with van der Waals surface area (Å²) in [4.78, 5) is 50.5. The molecule has 0 spiro atoms. The first kappa shape index (κ1) is 27.6. The molecule has 1 fully saturated rings. The molecule has 1 aromatic carbocycles. The molecular formula is C23H26N6O7S2. The Balaban J connectivity index is 1.46. The van der Waals surface area contributed by atoms with Crippen molar-refractivity contribution in [1.29, 1.82) is 0 Å². The number of rotatable bonds is 12. The number of unbranched alkanes of at least 4 members (excludes halogenated alkanes) is 1. The molecule has 2 unspecified atom stereocenters. The van der Waals surface area contributed by atoms with Gasteiger partial charge in [0.25, 0.3) is 11.8 Å². The quantitative estimate of drug-likeness (QED) is 0.213. The third kappa shape index (κ3) is 5.54. The molecule has 202 valence electrons. The number of carbonyl (C=O) groups excluding carboxylic acids is 2. The van der Waals surface area contributed by atoms with Crippen molar-refractivity contribution in [3.05, 3.63) is 47.2 Å². The summed E-state index contributed by atoms with van der Waals surface area (Å²) in [5.74, 6) is -3.32. The van der Waals surface area contributed by atoms with Gasteiger partial charge in [-0.1, -0.05) is 61.9 Å². The third-order valence-electron chi connectivity index (χ3n) is 6.16. The van der Waals surface area contributed by atoms with Crippen molar-refractivity contribution in [1.82, 2.24) is 30.4 Å². The van der Waals surface area contributed by atoms with E-state index in [0.29, 0.717) is 24.0 Å². The first-order valence-electron chi connectivity index (χ1n) is 11.8. The van der Waals surface area contributed by atoms with E-state index < -0.39 is 47.3 Å². The SMILES string of the molecule is CCCCC(C(=O)O)n1nnnc1SCC1=C(C(=O)O)N2C(=O)C(NC(=O)[C@H](O)c3ccccc3)[C@H]2SC1. The van der Waals surface area contributed by atoms with Gasteiger partial charge in [0.05, 0.1) is 0 Å². The number of benzene rings is 1. The molecule has 0 saturated carbocycles. The highest BCUT2D eigenvalue weighted by atomic mass is 32.2. The van der Waals surface area contributed by atoms with Gasteiger partial charge in [-0.15, -0.1) is 16.9 Å². The van der Waals surface area contributed by atoms with Crippen molar-refractivity contribution in [2.75, 3.05) is 11.5 Å². The number of hydrogen-bond acceptors (Lipinski definition) is 10. The maximum Gasteiger partial charge on any atom is 0.352 e. The van der Waals surface area contributed by atoms with Crippen molar-refractivity contribution in [2.24, 2.45) is 0 Å². The Morgan fingerprint density at radius 3 is 2.63 bits per heavy atom. The molecule has 3 heterocycles. The molecule has 4 rings (SSSR count). The fraction of sp³-hybridized carbons (Fsp3) is 0.435. The fourth-order valence-electron chi connectivity index (χ4n) is 4.19.